The van der Waals surface area contributed by atoms with Gasteiger partial charge in [0.1, 0.15) is 11.6 Å². The van der Waals surface area contributed by atoms with Crippen LogP contribution < -0.4 is 10.6 Å². The zero-order valence-electron chi connectivity index (χ0n) is 14.9. The third-order valence-corrected chi connectivity index (χ3v) is 4.73. The molecule has 0 aliphatic carbocycles. The molecule has 28 heavy (non-hydrogen) atoms. The van der Waals surface area contributed by atoms with Gasteiger partial charge in [0.25, 0.3) is 5.91 Å². The Balaban J connectivity index is 1.45. The summed E-state index contributed by atoms with van der Waals surface area (Å²) >= 11 is 1.61. The minimum Gasteiger partial charge on any atom is -0.352 e. The highest BCUT2D eigenvalue weighted by Gasteiger charge is 2.12. The molecule has 0 radical (unpaired) electrons. The zero-order valence-corrected chi connectivity index (χ0v) is 15.7. The van der Waals surface area contributed by atoms with Gasteiger partial charge in [-0.15, -0.1) is 0 Å². The van der Waals surface area contributed by atoms with Crippen LogP contribution in [-0.4, -0.2) is 18.4 Å². The summed E-state index contributed by atoms with van der Waals surface area (Å²) in [7, 11) is 0. The molecule has 0 saturated heterocycles. The van der Waals surface area contributed by atoms with Gasteiger partial charge < -0.3 is 10.6 Å². The molecule has 0 fully saturated rings. The number of nitrogens with one attached hydrogen (secondary N) is 2. The minimum atomic E-state index is -0.916. The molecule has 0 unspecified atom stereocenters. The van der Waals surface area contributed by atoms with Gasteiger partial charge in [-0.2, -0.15) is 11.3 Å². The number of rotatable bonds is 7. The molecule has 3 aromatic rings. The van der Waals surface area contributed by atoms with Crippen molar-refractivity contribution in [1.82, 2.24) is 5.32 Å². The topological polar surface area (TPSA) is 58.2 Å². The van der Waals surface area contributed by atoms with Crippen LogP contribution >= 0.6 is 11.3 Å². The van der Waals surface area contributed by atoms with Crippen LogP contribution in [0.4, 0.5) is 14.5 Å². The van der Waals surface area contributed by atoms with E-state index < -0.39 is 17.5 Å². The summed E-state index contributed by atoms with van der Waals surface area (Å²) in [5, 5.41) is 9.38. The summed E-state index contributed by atoms with van der Waals surface area (Å²) in [6, 6.07) is 12.3. The second-order valence-corrected chi connectivity index (χ2v) is 6.90. The molecular formula is C21H18F2N2O2S. The van der Waals surface area contributed by atoms with E-state index in [-0.39, 0.29) is 24.4 Å². The van der Waals surface area contributed by atoms with E-state index in [1.807, 2.05) is 41.1 Å². The molecule has 0 atom stereocenters. The average Bonchev–Trinajstić information content (AvgIpc) is 3.20. The fourth-order valence-corrected chi connectivity index (χ4v) is 3.31. The summed E-state index contributed by atoms with van der Waals surface area (Å²) in [6.07, 6.45) is 0.597. The Bertz CT molecular complexity index is 974. The number of anilines is 1. The van der Waals surface area contributed by atoms with Crippen LogP contribution in [0, 0.1) is 11.6 Å². The lowest BCUT2D eigenvalue weighted by atomic mass is 10.1. The summed E-state index contributed by atoms with van der Waals surface area (Å²) in [4.78, 5) is 24.0. The van der Waals surface area contributed by atoms with Gasteiger partial charge in [-0.25, -0.2) is 8.78 Å². The highest BCUT2D eigenvalue weighted by Crippen LogP contribution is 2.24. The molecule has 1 heterocycles. The first-order chi connectivity index (χ1) is 13.5. The number of thiophene rings is 1. The molecule has 3 rings (SSSR count). The van der Waals surface area contributed by atoms with Gasteiger partial charge in [0, 0.05) is 24.7 Å². The highest BCUT2D eigenvalue weighted by molar-refractivity contribution is 7.08. The predicted octanol–water partition coefficient (Wildman–Crippen LogP) is 4.84. The van der Waals surface area contributed by atoms with Crippen molar-refractivity contribution in [3.8, 4) is 11.1 Å². The second-order valence-electron chi connectivity index (χ2n) is 6.12. The maximum atomic E-state index is 13.6. The lowest BCUT2D eigenvalue weighted by molar-refractivity contribution is -0.116. The fourth-order valence-electron chi connectivity index (χ4n) is 2.65. The maximum Gasteiger partial charge on any atom is 0.254 e. The Morgan fingerprint density at radius 2 is 1.86 bits per heavy atom. The SMILES string of the molecule is O=C(CCCNC(=O)c1ccc(F)cc1F)Nc1cccc(-c2ccsc2)c1. The summed E-state index contributed by atoms with van der Waals surface area (Å²) < 4.78 is 26.4. The first kappa shape index (κ1) is 19.7. The monoisotopic (exact) mass is 400 g/mol. The maximum absolute atomic E-state index is 13.6. The van der Waals surface area contributed by atoms with E-state index in [1.165, 1.54) is 0 Å². The largest absolute Gasteiger partial charge is 0.352 e. The quantitative estimate of drug-likeness (QED) is 0.558. The Morgan fingerprint density at radius 1 is 1.00 bits per heavy atom. The van der Waals surface area contributed by atoms with E-state index in [0.29, 0.717) is 18.2 Å². The standard InChI is InChI=1S/C21H18F2N2O2S/c22-16-6-7-18(19(23)12-16)21(27)24-9-2-5-20(26)25-17-4-1-3-14(11-17)15-8-10-28-13-15/h1,3-4,6-8,10-13H,2,5,9H2,(H,24,27)(H,25,26). The third kappa shape index (κ3) is 5.23. The van der Waals surface area contributed by atoms with Crippen molar-refractivity contribution in [2.45, 2.75) is 12.8 Å². The molecule has 2 N–H and O–H groups in total. The molecule has 2 amide bonds. The first-order valence-electron chi connectivity index (χ1n) is 8.68. The number of amides is 2. The van der Waals surface area contributed by atoms with Crippen molar-refractivity contribution in [3.05, 3.63) is 76.5 Å². The molecule has 7 heteroatoms. The van der Waals surface area contributed by atoms with Crippen molar-refractivity contribution in [2.24, 2.45) is 0 Å². The van der Waals surface area contributed by atoms with Crippen LogP contribution in [-0.2, 0) is 4.79 Å². The Hall–Kier alpha value is -3.06. The van der Waals surface area contributed by atoms with E-state index in [9.17, 15) is 18.4 Å². The molecule has 0 spiro atoms. The van der Waals surface area contributed by atoms with Gasteiger partial charge in [0.05, 0.1) is 5.56 Å². The van der Waals surface area contributed by atoms with Gasteiger partial charge in [0.2, 0.25) is 5.91 Å². The van der Waals surface area contributed by atoms with Gasteiger partial charge in [0.15, 0.2) is 0 Å². The number of carbonyl (C=O) groups is 2. The highest BCUT2D eigenvalue weighted by atomic mass is 32.1. The van der Waals surface area contributed by atoms with Crippen LogP contribution in [0.15, 0.2) is 59.3 Å². The molecule has 0 aliphatic rings. The van der Waals surface area contributed by atoms with E-state index >= 15 is 0 Å². The van der Waals surface area contributed by atoms with Crippen LogP contribution in [0.3, 0.4) is 0 Å². The van der Waals surface area contributed by atoms with Crippen molar-refractivity contribution in [3.63, 3.8) is 0 Å². The van der Waals surface area contributed by atoms with E-state index in [1.54, 1.807) is 11.3 Å². The van der Waals surface area contributed by atoms with Crippen LogP contribution in [0.25, 0.3) is 11.1 Å². The van der Waals surface area contributed by atoms with Crippen molar-refractivity contribution in [2.75, 3.05) is 11.9 Å². The number of benzene rings is 2. The summed E-state index contributed by atoms with van der Waals surface area (Å²) in [5.74, 6) is -2.47. The predicted molar refractivity (Wildman–Crippen MR) is 106 cm³/mol. The van der Waals surface area contributed by atoms with Gasteiger partial charge >= 0.3 is 0 Å². The lowest BCUT2D eigenvalue weighted by Gasteiger charge is -2.08. The Labute approximate surface area is 165 Å². The minimum absolute atomic E-state index is 0.176. The summed E-state index contributed by atoms with van der Waals surface area (Å²) in [6.45, 7) is 0.206. The van der Waals surface area contributed by atoms with E-state index in [2.05, 4.69) is 10.6 Å². The second kappa shape index (κ2) is 9.23. The van der Waals surface area contributed by atoms with Crippen LogP contribution in [0.5, 0.6) is 0 Å². The molecule has 2 aromatic carbocycles. The average molecular weight is 400 g/mol. The fraction of sp³-hybridized carbons (Fsp3) is 0.143. The van der Waals surface area contributed by atoms with Gasteiger partial charge in [-0.05, 0) is 58.6 Å². The number of halogens is 2. The third-order valence-electron chi connectivity index (χ3n) is 4.04. The molecule has 0 aliphatic heterocycles. The van der Waals surface area contributed by atoms with E-state index in [0.717, 1.165) is 23.3 Å². The summed E-state index contributed by atoms with van der Waals surface area (Å²) in [5.41, 5.74) is 2.59. The normalized spacial score (nSPS) is 10.5. The van der Waals surface area contributed by atoms with E-state index in [4.69, 9.17) is 0 Å². The molecule has 144 valence electrons. The van der Waals surface area contributed by atoms with Crippen molar-refractivity contribution in [1.29, 1.82) is 0 Å². The molecule has 4 nitrogen and oxygen atoms in total. The number of hydrogen-bond donors (Lipinski definition) is 2. The molecular weight excluding hydrogens is 382 g/mol. The number of carbonyl (C=O) groups excluding carboxylic acids is 2. The molecule has 1 aromatic heterocycles. The van der Waals surface area contributed by atoms with Crippen molar-refractivity contribution < 1.29 is 18.4 Å². The molecule has 0 bridgehead atoms. The molecule has 0 saturated carbocycles. The Kier molecular flexibility index (Phi) is 6.49. The first-order valence-corrected chi connectivity index (χ1v) is 9.63. The zero-order chi connectivity index (χ0) is 19.9. The van der Waals surface area contributed by atoms with Gasteiger partial charge in [-0.3, -0.25) is 9.59 Å². The number of hydrogen-bond acceptors (Lipinski definition) is 3. The van der Waals surface area contributed by atoms with Crippen LogP contribution in [0.1, 0.15) is 23.2 Å². The lowest BCUT2D eigenvalue weighted by Crippen LogP contribution is -2.26. The smallest absolute Gasteiger partial charge is 0.254 e. The van der Waals surface area contributed by atoms with Gasteiger partial charge in [-0.1, -0.05) is 12.1 Å². The van der Waals surface area contributed by atoms with Crippen LogP contribution in [0.2, 0.25) is 0 Å². The van der Waals surface area contributed by atoms with Crippen molar-refractivity contribution >= 4 is 28.8 Å². The Morgan fingerprint density at radius 3 is 2.61 bits per heavy atom.